The van der Waals surface area contributed by atoms with Gasteiger partial charge in [-0.05, 0) is 77.8 Å². The zero-order valence-corrected chi connectivity index (χ0v) is 15.2. The number of aryl methyl sites for hydroxylation is 1. The molecular weight excluding hydrogens is 304 g/mol. The normalized spacial score (nSPS) is 31.0. The average molecular weight is 330 g/mol. The first kappa shape index (κ1) is 15.4. The Balaban J connectivity index is 1.61. The van der Waals surface area contributed by atoms with E-state index >= 15 is 0 Å². The van der Waals surface area contributed by atoms with Crippen molar-refractivity contribution >= 4 is 16.6 Å². The Morgan fingerprint density at radius 3 is 2.76 bits per heavy atom. The zero-order chi connectivity index (χ0) is 17.2. The second-order valence-electron chi connectivity index (χ2n) is 8.60. The predicted molar refractivity (Wildman–Crippen MR) is 103 cm³/mol. The lowest BCUT2D eigenvalue weighted by atomic mass is 9.63. The molecule has 3 aliphatic carbocycles. The van der Waals surface area contributed by atoms with Crippen LogP contribution in [0, 0.1) is 17.3 Å². The van der Waals surface area contributed by atoms with Crippen LogP contribution in [0.5, 0.6) is 0 Å². The van der Waals surface area contributed by atoms with Crippen molar-refractivity contribution in [3.63, 3.8) is 0 Å². The molecule has 0 amide bonds. The molecule has 0 radical (unpaired) electrons. The summed E-state index contributed by atoms with van der Waals surface area (Å²) in [5, 5.41) is 2.52. The third-order valence-electron chi connectivity index (χ3n) is 7.31. The first-order valence-corrected chi connectivity index (χ1v) is 9.90. The van der Waals surface area contributed by atoms with Crippen LogP contribution in [-0.4, -0.2) is 5.78 Å². The van der Waals surface area contributed by atoms with E-state index in [1.165, 1.54) is 28.3 Å². The minimum atomic E-state index is -0.0889. The van der Waals surface area contributed by atoms with Gasteiger partial charge in [0.1, 0.15) is 0 Å². The van der Waals surface area contributed by atoms with E-state index in [2.05, 4.69) is 56.3 Å². The highest BCUT2D eigenvalue weighted by molar-refractivity contribution is 6.06. The van der Waals surface area contributed by atoms with Gasteiger partial charge in [0.25, 0.3) is 0 Å². The maximum atomic E-state index is 13.5. The van der Waals surface area contributed by atoms with Crippen molar-refractivity contribution in [1.82, 2.24) is 0 Å². The summed E-state index contributed by atoms with van der Waals surface area (Å²) in [7, 11) is 0. The van der Waals surface area contributed by atoms with Crippen molar-refractivity contribution in [3.8, 4) is 0 Å². The number of carbonyl (C=O) groups excluding carboxylic acids is 1. The van der Waals surface area contributed by atoms with Crippen molar-refractivity contribution in [2.75, 3.05) is 0 Å². The van der Waals surface area contributed by atoms with E-state index in [1.54, 1.807) is 0 Å². The summed E-state index contributed by atoms with van der Waals surface area (Å²) in [6, 6.07) is 11.3. The molecule has 128 valence electrons. The molecule has 1 spiro atoms. The van der Waals surface area contributed by atoms with E-state index in [-0.39, 0.29) is 5.41 Å². The molecule has 0 aliphatic heterocycles. The van der Waals surface area contributed by atoms with Crippen LogP contribution in [0.25, 0.3) is 10.8 Å². The molecule has 2 aromatic rings. The minimum absolute atomic E-state index is 0.0889. The van der Waals surface area contributed by atoms with E-state index < -0.39 is 0 Å². The van der Waals surface area contributed by atoms with Crippen LogP contribution >= 0.6 is 0 Å². The van der Waals surface area contributed by atoms with E-state index in [0.29, 0.717) is 23.5 Å². The number of benzene rings is 2. The first-order valence-electron chi connectivity index (χ1n) is 9.90. The predicted octanol–water partition coefficient (Wildman–Crippen LogP) is 6.06. The lowest BCUT2D eigenvalue weighted by Crippen LogP contribution is -2.39. The van der Waals surface area contributed by atoms with Gasteiger partial charge in [-0.3, -0.25) is 4.79 Å². The number of ketones is 1. The Bertz CT molecular complexity index is 906. The number of rotatable bonds is 2. The fourth-order valence-corrected chi connectivity index (χ4v) is 5.57. The van der Waals surface area contributed by atoms with Crippen LogP contribution in [0.3, 0.4) is 0 Å². The number of fused-ring (bicyclic) bond motifs is 5. The molecule has 3 aliphatic rings. The number of Topliss-reactive ketones (excluding diaryl/α,β-unsaturated/α-hetero) is 1. The molecule has 1 nitrogen and oxygen atoms in total. The van der Waals surface area contributed by atoms with Crippen molar-refractivity contribution in [3.05, 3.63) is 59.2 Å². The second kappa shape index (κ2) is 5.30. The molecule has 0 aromatic heterocycles. The van der Waals surface area contributed by atoms with Crippen LogP contribution in [-0.2, 0) is 6.42 Å². The highest BCUT2D eigenvalue weighted by atomic mass is 16.1. The number of carbonyl (C=O) groups is 1. The smallest absolute Gasteiger partial charge is 0.169 e. The molecule has 4 atom stereocenters. The summed E-state index contributed by atoms with van der Waals surface area (Å²) in [5.74, 6) is 2.13. The van der Waals surface area contributed by atoms with Gasteiger partial charge in [0.15, 0.2) is 5.78 Å². The standard InChI is InChI=1S/C24H26O/c1-3-15(2)17-5-6-18-12-19-8-9-24(14-16-4-7-21(24)10-16)23(25)22(19)13-20(18)11-17/h4-7,11-13,15-16,21H,3,8-10,14H2,1-2H3. The molecular formula is C24H26O. The van der Waals surface area contributed by atoms with Gasteiger partial charge in [-0.2, -0.15) is 0 Å². The van der Waals surface area contributed by atoms with Crippen molar-refractivity contribution in [2.45, 2.75) is 51.9 Å². The Hall–Kier alpha value is -1.89. The van der Waals surface area contributed by atoms with Gasteiger partial charge in [0.05, 0.1) is 0 Å². The van der Waals surface area contributed by atoms with Crippen LogP contribution in [0.15, 0.2) is 42.5 Å². The molecule has 5 rings (SSSR count). The molecule has 2 aromatic carbocycles. The third-order valence-corrected chi connectivity index (χ3v) is 7.31. The van der Waals surface area contributed by atoms with Gasteiger partial charge in [0, 0.05) is 11.0 Å². The second-order valence-corrected chi connectivity index (χ2v) is 8.60. The molecule has 1 saturated carbocycles. The largest absolute Gasteiger partial charge is 0.294 e. The van der Waals surface area contributed by atoms with Crippen LogP contribution in [0.4, 0.5) is 0 Å². The summed E-state index contributed by atoms with van der Waals surface area (Å²) in [6.45, 7) is 4.51. The monoisotopic (exact) mass is 330 g/mol. The van der Waals surface area contributed by atoms with Crippen molar-refractivity contribution in [1.29, 1.82) is 0 Å². The van der Waals surface area contributed by atoms with Gasteiger partial charge in [-0.1, -0.05) is 50.3 Å². The third kappa shape index (κ3) is 2.11. The highest BCUT2D eigenvalue weighted by Crippen LogP contribution is 2.57. The molecule has 1 heteroatoms. The SMILES string of the molecule is CCC(C)c1ccc2cc3c(cc2c1)C(=O)C1(CC3)CC2C=CC1C2. The minimum Gasteiger partial charge on any atom is -0.294 e. The number of hydrogen-bond donors (Lipinski definition) is 0. The van der Waals surface area contributed by atoms with Gasteiger partial charge in [0.2, 0.25) is 0 Å². The van der Waals surface area contributed by atoms with E-state index in [1.807, 2.05) is 0 Å². The molecule has 0 N–H and O–H groups in total. The molecule has 4 unspecified atom stereocenters. The van der Waals surface area contributed by atoms with Crippen molar-refractivity contribution in [2.24, 2.45) is 17.3 Å². The lowest BCUT2D eigenvalue weighted by molar-refractivity contribution is 0.0703. The number of allylic oxidation sites excluding steroid dienone is 2. The molecule has 2 bridgehead atoms. The first-order chi connectivity index (χ1) is 12.1. The summed E-state index contributed by atoms with van der Waals surface area (Å²) >= 11 is 0. The molecule has 25 heavy (non-hydrogen) atoms. The maximum absolute atomic E-state index is 13.5. The summed E-state index contributed by atoms with van der Waals surface area (Å²) in [6.07, 6.45) is 10.2. The van der Waals surface area contributed by atoms with Crippen LogP contribution in [0.1, 0.15) is 66.9 Å². The van der Waals surface area contributed by atoms with Crippen LogP contribution < -0.4 is 0 Å². The lowest BCUT2D eigenvalue weighted by Gasteiger charge is -2.38. The molecule has 1 fully saturated rings. The van der Waals surface area contributed by atoms with Gasteiger partial charge < -0.3 is 0 Å². The number of hydrogen-bond acceptors (Lipinski definition) is 1. The Kier molecular flexibility index (Phi) is 3.26. The molecule has 0 heterocycles. The average Bonchev–Trinajstić information content (AvgIpc) is 3.24. The Morgan fingerprint density at radius 2 is 2.04 bits per heavy atom. The van der Waals surface area contributed by atoms with Gasteiger partial charge in [-0.25, -0.2) is 0 Å². The summed E-state index contributed by atoms with van der Waals surface area (Å²) in [4.78, 5) is 13.5. The Morgan fingerprint density at radius 1 is 1.16 bits per heavy atom. The maximum Gasteiger partial charge on any atom is 0.169 e. The topological polar surface area (TPSA) is 17.1 Å². The fraction of sp³-hybridized carbons (Fsp3) is 0.458. The van der Waals surface area contributed by atoms with E-state index in [9.17, 15) is 4.79 Å². The van der Waals surface area contributed by atoms with Gasteiger partial charge >= 0.3 is 0 Å². The highest BCUT2D eigenvalue weighted by Gasteiger charge is 2.54. The summed E-state index contributed by atoms with van der Waals surface area (Å²) < 4.78 is 0. The molecule has 0 saturated heterocycles. The zero-order valence-electron chi connectivity index (χ0n) is 15.2. The van der Waals surface area contributed by atoms with E-state index in [0.717, 1.165) is 31.2 Å². The van der Waals surface area contributed by atoms with E-state index in [4.69, 9.17) is 0 Å². The summed E-state index contributed by atoms with van der Waals surface area (Å²) in [5.41, 5.74) is 3.58. The fourth-order valence-electron chi connectivity index (χ4n) is 5.57. The quantitative estimate of drug-likeness (QED) is 0.611. The van der Waals surface area contributed by atoms with Crippen LogP contribution in [0.2, 0.25) is 0 Å². The van der Waals surface area contributed by atoms with Crippen molar-refractivity contribution < 1.29 is 4.79 Å². The van der Waals surface area contributed by atoms with Gasteiger partial charge in [-0.15, -0.1) is 0 Å². The Labute approximate surface area is 150 Å².